The van der Waals surface area contributed by atoms with Crippen LogP contribution in [0.1, 0.15) is 58.5 Å². The maximum atomic E-state index is 12.4. The van der Waals surface area contributed by atoms with Crippen LogP contribution in [0.3, 0.4) is 0 Å². The van der Waals surface area contributed by atoms with E-state index in [9.17, 15) is 9.59 Å². The molecule has 6 heteroatoms. The Kier molecular flexibility index (Phi) is 8.99. The number of nitrogens with one attached hydrogen (secondary N) is 2. The Morgan fingerprint density at radius 3 is 2.74 bits per heavy atom. The van der Waals surface area contributed by atoms with Gasteiger partial charge in [-0.25, -0.2) is 4.98 Å². The molecule has 5 nitrogen and oxygen atoms in total. The zero-order chi connectivity index (χ0) is 17.2. The summed E-state index contributed by atoms with van der Waals surface area (Å²) >= 11 is 1.22. The summed E-state index contributed by atoms with van der Waals surface area (Å²) in [5.41, 5.74) is 0.923. The SMILES string of the molecule is CCCCc1ncc(CNC(=O)[C@H](CSC(C)=O)CC(C)C)[nH]1. The van der Waals surface area contributed by atoms with Gasteiger partial charge in [-0.3, -0.25) is 9.59 Å². The summed E-state index contributed by atoms with van der Waals surface area (Å²) in [5.74, 6) is 1.82. The number of carbonyl (C=O) groups is 2. The van der Waals surface area contributed by atoms with Crippen LogP contribution in [0.4, 0.5) is 0 Å². The highest BCUT2D eigenvalue weighted by Gasteiger charge is 2.20. The van der Waals surface area contributed by atoms with Gasteiger partial charge in [0.2, 0.25) is 5.91 Å². The molecule has 0 fully saturated rings. The van der Waals surface area contributed by atoms with Gasteiger partial charge in [0.25, 0.3) is 0 Å². The van der Waals surface area contributed by atoms with Crippen molar-refractivity contribution in [2.75, 3.05) is 5.75 Å². The van der Waals surface area contributed by atoms with Crippen LogP contribution in [0.5, 0.6) is 0 Å². The molecule has 0 spiro atoms. The van der Waals surface area contributed by atoms with Gasteiger partial charge in [-0.1, -0.05) is 39.0 Å². The Morgan fingerprint density at radius 1 is 1.39 bits per heavy atom. The minimum Gasteiger partial charge on any atom is -0.350 e. The van der Waals surface area contributed by atoms with Crippen LogP contribution >= 0.6 is 11.8 Å². The van der Waals surface area contributed by atoms with E-state index in [1.807, 2.05) is 0 Å². The molecule has 0 radical (unpaired) electrons. The molecule has 1 amide bonds. The van der Waals surface area contributed by atoms with Gasteiger partial charge >= 0.3 is 0 Å². The average molecular weight is 340 g/mol. The number of aromatic nitrogens is 2. The number of unbranched alkanes of at least 4 members (excludes halogenated alkanes) is 1. The zero-order valence-electron chi connectivity index (χ0n) is 14.6. The van der Waals surface area contributed by atoms with Gasteiger partial charge in [0, 0.05) is 25.0 Å². The van der Waals surface area contributed by atoms with Gasteiger partial charge in [-0.2, -0.15) is 0 Å². The predicted molar refractivity (Wildman–Crippen MR) is 95.1 cm³/mol. The standard InChI is InChI=1S/C17H29N3O2S/c1-5-6-7-16-18-9-15(20-16)10-19-17(22)14(8-12(2)3)11-23-13(4)21/h9,12,14H,5-8,10-11H2,1-4H3,(H,18,20)(H,19,22)/t14-/m0/s1. The highest BCUT2D eigenvalue weighted by Crippen LogP contribution is 2.18. The number of aryl methyl sites for hydroxylation is 1. The zero-order valence-corrected chi connectivity index (χ0v) is 15.5. The molecule has 130 valence electrons. The Morgan fingerprint density at radius 2 is 2.13 bits per heavy atom. The van der Waals surface area contributed by atoms with Crippen molar-refractivity contribution < 1.29 is 9.59 Å². The molecule has 1 aromatic heterocycles. The first-order chi connectivity index (χ1) is 10.9. The number of amides is 1. The van der Waals surface area contributed by atoms with Crippen LogP contribution in [-0.4, -0.2) is 26.7 Å². The van der Waals surface area contributed by atoms with Crippen molar-refractivity contribution in [1.82, 2.24) is 15.3 Å². The molecule has 23 heavy (non-hydrogen) atoms. The first-order valence-corrected chi connectivity index (χ1v) is 9.34. The number of hydrogen-bond donors (Lipinski definition) is 2. The lowest BCUT2D eigenvalue weighted by molar-refractivity contribution is -0.124. The fourth-order valence-electron chi connectivity index (χ4n) is 2.33. The molecule has 0 aliphatic heterocycles. The predicted octanol–water partition coefficient (Wildman–Crippen LogP) is 3.31. The van der Waals surface area contributed by atoms with E-state index >= 15 is 0 Å². The Bertz CT molecular complexity index is 500. The van der Waals surface area contributed by atoms with E-state index in [0.29, 0.717) is 18.2 Å². The molecule has 0 saturated carbocycles. The van der Waals surface area contributed by atoms with Gasteiger partial charge in [0.05, 0.1) is 18.4 Å². The van der Waals surface area contributed by atoms with E-state index in [-0.39, 0.29) is 16.9 Å². The highest BCUT2D eigenvalue weighted by molar-refractivity contribution is 8.13. The molecule has 1 atom stereocenters. The molecular weight excluding hydrogens is 310 g/mol. The van der Waals surface area contributed by atoms with Crippen molar-refractivity contribution in [1.29, 1.82) is 0 Å². The fourth-order valence-corrected chi connectivity index (χ4v) is 3.05. The second kappa shape index (κ2) is 10.5. The maximum Gasteiger partial charge on any atom is 0.224 e. The molecule has 1 heterocycles. The molecule has 1 rings (SSSR count). The lowest BCUT2D eigenvalue weighted by atomic mass is 9.98. The molecule has 0 aliphatic carbocycles. The van der Waals surface area contributed by atoms with E-state index in [0.717, 1.165) is 37.2 Å². The lowest BCUT2D eigenvalue weighted by Crippen LogP contribution is -2.32. The smallest absolute Gasteiger partial charge is 0.224 e. The summed E-state index contributed by atoms with van der Waals surface area (Å²) in [6.45, 7) is 8.33. The quantitative estimate of drug-likeness (QED) is 0.686. The first kappa shape index (κ1) is 19.7. The molecule has 0 unspecified atom stereocenters. The van der Waals surface area contributed by atoms with E-state index in [1.165, 1.54) is 18.7 Å². The van der Waals surface area contributed by atoms with Crippen molar-refractivity contribution in [3.63, 3.8) is 0 Å². The summed E-state index contributed by atoms with van der Waals surface area (Å²) in [5, 5.41) is 3.02. The van der Waals surface area contributed by atoms with Crippen LogP contribution < -0.4 is 5.32 Å². The van der Waals surface area contributed by atoms with E-state index in [1.54, 1.807) is 6.20 Å². The number of rotatable bonds is 10. The third-order valence-electron chi connectivity index (χ3n) is 3.52. The normalized spacial score (nSPS) is 12.4. The minimum absolute atomic E-state index is 0.0113. The summed E-state index contributed by atoms with van der Waals surface area (Å²) in [7, 11) is 0. The van der Waals surface area contributed by atoms with Gasteiger partial charge in [-0.05, 0) is 18.8 Å². The van der Waals surface area contributed by atoms with Gasteiger partial charge in [-0.15, -0.1) is 0 Å². The van der Waals surface area contributed by atoms with Crippen LogP contribution in [-0.2, 0) is 22.6 Å². The Labute approximate surface area is 143 Å². The van der Waals surface area contributed by atoms with Crippen molar-refractivity contribution >= 4 is 22.8 Å². The summed E-state index contributed by atoms with van der Waals surface area (Å²) < 4.78 is 0. The third-order valence-corrected chi connectivity index (χ3v) is 4.49. The maximum absolute atomic E-state index is 12.4. The van der Waals surface area contributed by atoms with Gasteiger partial charge in [0.1, 0.15) is 5.82 Å². The summed E-state index contributed by atoms with van der Waals surface area (Å²) in [6.07, 6.45) is 5.76. The number of hydrogen-bond acceptors (Lipinski definition) is 4. The fraction of sp³-hybridized carbons (Fsp3) is 0.706. The topological polar surface area (TPSA) is 74.8 Å². The van der Waals surface area contributed by atoms with Crippen LogP contribution in [0.25, 0.3) is 0 Å². The van der Waals surface area contributed by atoms with Crippen molar-refractivity contribution in [2.45, 2.75) is 59.9 Å². The molecule has 0 aromatic carbocycles. The van der Waals surface area contributed by atoms with Gasteiger partial charge in [0.15, 0.2) is 5.12 Å². The Hall–Kier alpha value is -1.30. The van der Waals surface area contributed by atoms with E-state index in [2.05, 4.69) is 36.1 Å². The molecule has 0 bridgehead atoms. The minimum atomic E-state index is -0.133. The second-order valence-electron chi connectivity index (χ2n) is 6.31. The molecule has 2 N–H and O–H groups in total. The first-order valence-electron chi connectivity index (χ1n) is 8.36. The number of nitrogens with zero attached hydrogens (tertiary/aromatic N) is 1. The molecule has 1 aromatic rings. The third kappa shape index (κ3) is 8.21. The van der Waals surface area contributed by atoms with Crippen molar-refractivity contribution in [2.24, 2.45) is 11.8 Å². The van der Waals surface area contributed by atoms with Crippen molar-refractivity contribution in [3.05, 3.63) is 17.7 Å². The van der Waals surface area contributed by atoms with Crippen LogP contribution in [0.15, 0.2) is 6.20 Å². The number of H-pyrrole nitrogens is 1. The van der Waals surface area contributed by atoms with Crippen LogP contribution in [0, 0.1) is 11.8 Å². The highest BCUT2D eigenvalue weighted by atomic mass is 32.2. The van der Waals surface area contributed by atoms with E-state index in [4.69, 9.17) is 0 Å². The average Bonchev–Trinajstić information content (AvgIpc) is 2.94. The molecule has 0 aliphatic rings. The number of aromatic amines is 1. The van der Waals surface area contributed by atoms with Crippen molar-refractivity contribution in [3.8, 4) is 0 Å². The monoisotopic (exact) mass is 339 g/mol. The molecular formula is C17H29N3O2S. The van der Waals surface area contributed by atoms with Gasteiger partial charge < -0.3 is 10.3 Å². The second-order valence-corrected chi connectivity index (χ2v) is 7.50. The summed E-state index contributed by atoms with van der Waals surface area (Å²) in [6, 6.07) is 0. The Balaban J connectivity index is 2.49. The summed E-state index contributed by atoms with van der Waals surface area (Å²) in [4.78, 5) is 31.1. The number of thioether (sulfide) groups is 1. The van der Waals surface area contributed by atoms with E-state index < -0.39 is 0 Å². The van der Waals surface area contributed by atoms with Crippen LogP contribution in [0.2, 0.25) is 0 Å². The largest absolute Gasteiger partial charge is 0.350 e. The molecule has 0 saturated heterocycles. The lowest BCUT2D eigenvalue weighted by Gasteiger charge is -2.17. The number of imidazole rings is 1. The number of carbonyl (C=O) groups excluding carboxylic acids is 2.